The van der Waals surface area contributed by atoms with Crippen LogP contribution in [0.5, 0.6) is 5.75 Å². The summed E-state index contributed by atoms with van der Waals surface area (Å²) in [4.78, 5) is 25.8. The first kappa shape index (κ1) is 23.0. The van der Waals surface area contributed by atoms with Crippen LogP contribution in [0.1, 0.15) is 18.5 Å². The molecule has 182 valence electrons. The molecule has 3 aromatic heterocycles. The highest BCUT2D eigenvalue weighted by molar-refractivity contribution is 5.85. The van der Waals surface area contributed by atoms with Gasteiger partial charge in [0, 0.05) is 58.1 Å². The minimum Gasteiger partial charge on any atom is -0.491 e. The highest BCUT2D eigenvalue weighted by Gasteiger charge is 2.19. The summed E-state index contributed by atoms with van der Waals surface area (Å²) in [5.74, 6) is 2.76. The summed E-state index contributed by atoms with van der Waals surface area (Å²) < 4.78 is 5.64. The molecule has 5 rings (SSSR count). The molecule has 0 radical (unpaired) electrons. The van der Waals surface area contributed by atoms with Crippen LogP contribution >= 0.6 is 0 Å². The molecule has 1 aromatic carbocycles. The Morgan fingerprint density at radius 1 is 1.09 bits per heavy atom. The Morgan fingerprint density at radius 2 is 1.91 bits per heavy atom. The lowest BCUT2D eigenvalue weighted by atomic mass is 10.1. The van der Waals surface area contributed by atoms with Crippen LogP contribution in [0.2, 0.25) is 0 Å². The van der Waals surface area contributed by atoms with Crippen molar-refractivity contribution >= 4 is 28.6 Å². The molecule has 3 N–H and O–H groups in total. The highest BCUT2D eigenvalue weighted by atomic mass is 16.5. The first-order chi connectivity index (χ1) is 17.0. The van der Waals surface area contributed by atoms with Crippen LogP contribution in [-0.2, 0) is 0 Å². The molecule has 1 saturated heterocycles. The summed E-state index contributed by atoms with van der Waals surface area (Å²) in [5, 5.41) is 6.74. The lowest BCUT2D eigenvalue weighted by molar-refractivity contribution is 0.185. The van der Waals surface area contributed by atoms with E-state index in [1.54, 1.807) is 13.4 Å². The van der Waals surface area contributed by atoms with Gasteiger partial charge in [0.1, 0.15) is 17.8 Å². The number of nitrogens with zero attached hydrogens (tertiary/aromatic N) is 6. The number of nitrogens with one attached hydrogen (secondary N) is 3. The topological polar surface area (TPSA) is 107 Å². The zero-order chi connectivity index (χ0) is 24.4. The van der Waals surface area contributed by atoms with Gasteiger partial charge in [0.05, 0.1) is 18.1 Å². The van der Waals surface area contributed by atoms with E-state index < -0.39 is 0 Å². The van der Waals surface area contributed by atoms with Gasteiger partial charge in [0.15, 0.2) is 11.6 Å². The van der Waals surface area contributed by atoms with Crippen LogP contribution in [0.25, 0.3) is 22.3 Å². The predicted molar refractivity (Wildman–Crippen MR) is 138 cm³/mol. The molecule has 0 amide bonds. The van der Waals surface area contributed by atoms with Gasteiger partial charge in [0.25, 0.3) is 0 Å². The first-order valence-electron chi connectivity index (χ1n) is 11.8. The van der Waals surface area contributed by atoms with Crippen LogP contribution in [-0.4, -0.2) is 77.2 Å². The summed E-state index contributed by atoms with van der Waals surface area (Å²) in [7, 11) is 5.49. The van der Waals surface area contributed by atoms with Gasteiger partial charge in [-0.3, -0.25) is 4.90 Å². The Balaban J connectivity index is 1.40. The summed E-state index contributed by atoms with van der Waals surface area (Å²) >= 11 is 0. The van der Waals surface area contributed by atoms with E-state index in [2.05, 4.69) is 54.5 Å². The lowest BCUT2D eigenvalue weighted by Gasteiger charge is -2.33. The van der Waals surface area contributed by atoms with Crippen molar-refractivity contribution in [2.45, 2.75) is 13.0 Å². The number of hydrogen-bond acceptors (Lipinski definition) is 9. The number of imidazole rings is 1. The predicted octanol–water partition coefficient (Wildman–Crippen LogP) is 3.20. The average Bonchev–Trinajstić information content (AvgIpc) is 3.29. The Bertz CT molecular complexity index is 1310. The summed E-state index contributed by atoms with van der Waals surface area (Å²) in [6.45, 7) is 6.39. The number of fused-ring (bicyclic) bond motifs is 1. The maximum absolute atomic E-state index is 5.64. The fraction of sp³-hybridized carbons (Fsp3) is 0.360. The molecule has 1 fully saturated rings. The van der Waals surface area contributed by atoms with E-state index in [0.717, 1.165) is 60.1 Å². The van der Waals surface area contributed by atoms with Crippen molar-refractivity contribution in [2.75, 3.05) is 57.6 Å². The highest BCUT2D eigenvalue weighted by Crippen LogP contribution is 2.35. The number of aromatic nitrogens is 5. The van der Waals surface area contributed by atoms with Gasteiger partial charge in [-0.1, -0.05) is 6.07 Å². The quantitative estimate of drug-likeness (QED) is 0.373. The third kappa shape index (κ3) is 4.75. The van der Waals surface area contributed by atoms with Crippen LogP contribution in [0.4, 0.5) is 17.6 Å². The third-order valence-electron chi connectivity index (χ3n) is 6.38. The zero-order valence-corrected chi connectivity index (χ0v) is 20.5. The van der Waals surface area contributed by atoms with Crippen molar-refractivity contribution in [1.82, 2.24) is 35.1 Å². The van der Waals surface area contributed by atoms with Crippen molar-refractivity contribution in [3.63, 3.8) is 0 Å². The maximum atomic E-state index is 5.64. The molecular formula is C25H31N9O. The number of H-pyrrole nitrogens is 1. The molecule has 4 heterocycles. The minimum absolute atomic E-state index is 0.328. The number of piperazine rings is 1. The molecule has 35 heavy (non-hydrogen) atoms. The number of methoxy groups -OCH3 is 1. The number of hydrogen-bond donors (Lipinski definition) is 3. The summed E-state index contributed by atoms with van der Waals surface area (Å²) in [6, 6.07) is 10.5. The maximum Gasteiger partial charge on any atom is 0.206 e. The molecule has 10 nitrogen and oxygen atoms in total. The largest absolute Gasteiger partial charge is 0.491 e. The molecule has 0 aliphatic carbocycles. The van der Waals surface area contributed by atoms with Crippen molar-refractivity contribution in [3.8, 4) is 17.0 Å². The monoisotopic (exact) mass is 473 g/mol. The molecule has 0 spiro atoms. The number of benzene rings is 1. The Labute approximate surface area is 204 Å². The van der Waals surface area contributed by atoms with E-state index in [9.17, 15) is 0 Å². The normalized spacial score (nSPS) is 15.2. The number of rotatable bonds is 7. The van der Waals surface area contributed by atoms with E-state index in [0.29, 0.717) is 17.7 Å². The van der Waals surface area contributed by atoms with Crippen LogP contribution in [0, 0.1) is 0 Å². The second kappa shape index (κ2) is 9.85. The van der Waals surface area contributed by atoms with Crippen LogP contribution < -0.4 is 20.3 Å². The van der Waals surface area contributed by atoms with Crippen molar-refractivity contribution in [2.24, 2.45) is 0 Å². The van der Waals surface area contributed by atoms with E-state index in [1.165, 1.54) is 5.56 Å². The zero-order valence-electron chi connectivity index (χ0n) is 20.5. The molecule has 0 saturated carbocycles. The van der Waals surface area contributed by atoms with Gasteiger partial charge >= 0.3 is 0 Å². The van der Waals surface area contributed by atoms with E-state index in [1.807, 2.05) is 43.4 Å². The molecule has 1 aliphatic rings. The SMILES string of the molecule is COc1c(-c2ccc3nc(Nc4cc(C(C)N5CCNCC5)ccn4)[nH]c3c2)ncnc1N(C)C. The molecule has 1 atom stereocenters. The fourth-order valence-corrected chi connectivity index (χ4v) is 4.47. The smallest absolute Gasteiger partial charge is 0.206 e. The number of anilines is 3. The summed E-state index contributed by atoms with van der Waals surface area (Å²) in [5.41, 5.74) is 4.62. The number of aromatic amines is 1. The minimum atomic E-state index is 0.328. The third-order valence-corrected chi connectivity index (χ3v) is 6.38. The Hall–Kier alpha value is -3.76. The molecule has 4 aromatic rings. The number of pyridine rings is 1. The second-order valence-electron chi connectivity index (χ2n) is 8.85. The van der Waals surface area contributed by atoms with Gasteiger partial charge in [0.2, 0.25) is 5.95 Å². The Kier molecular flexibility index (Phi) is 6.47. The molecular weight excluding hydrogens is 442 g/mol. The first-order valence-corrected chi connectivity index (χ1v) is 11.8. The number of ether oxygens (including phenoxy) is 1. The molecule has 0 bridgehead atoms. The van der Waals surface area contributed by atoms with Crippen molar-refractivity contribution in [3.05, 3.63) is 48.4 Å². The Morgan fingerprint density at radius 3 is 2.69 bits per heavy atom. The van der Waals surface area contributed by atoms with Gasteiger partial charge in [-0.2, -0.15) is 0 Å². The standard InChI is InChI=1S/C25H31N9O/c1-16(34-11-9-26-10-12-34)17-7-8-27-21(14-17)32-25-30-19-6-5-18(13-20(19)31-25)22-23(35-4)24(33(2)3)29-15-28-22/h5-8,13-16,26H,9-12H2,1-4H3,(H2,27,30,31,32). The van der Waals surface area contributed by atoms with E-state index in [4.69, 9.17) is 9.72 Å². The van der Waals surface area contributed by atoms with Crippen molar-refractivity contribution < 1.29 is 4.74 Å². The van der Waals surface area contributed by atoms with Gasteiger partial charge in [-0.15, -0.1) is 0 Å². The second-order valence-corrected chi connectivity index (χ2v) is 8.85. The molecule has 1 unspecified atom stereocenters. The van der Waals surface area contributed by atoms with E-state index in [-0.39, 0.29) is 0 Å². The molecule has 10 heteroatoms. The van der Waals surface area contributed by atoms with Crippen molar-refractivity contribution in [1.29, 1.82) is 0 Å². The fourth-order valence-electron chi connectivity index (χ4n) is 4.47. The average molecular weight is 474 g/mol. The van der Waals surface area contributed by atoms with Gasteiger partial charge < -0.3 is 25.3 Å². The lowest BCUT2D eigenvalue weighted by Crippen LogP contribution is -2.44. The van der Waals surface area contributed by atoms with Crippen LogP contribution in [0.15, 0.2) is 42.9 Å². The molecule has 1 aliphatic heterocycles. The van der Waals surface area contributed by atoms with Gasteiger partial charge in [-0.25, -0.2) is 19.9 Å². The van der Waals surface area contributed by atoms with Crippen LogP contribution in [0.3, 0.4) is 0 Å². The van der Waals surface area contributed by atoms with Gasteiger partial charge in [-0.05, 0) is 36.8 Å². The summed E-state index contributed by atoms with van der Waals surface area (Å²) in [6.07, 6.45) is 3.40. The van der Waals surface area contributed by atoms with E-state index >= 15 is 0 Å².